The third-order valence-corrected chi connectivity index (χ3v) is 8.61. The Labute approximate surface area is 246 Å². The highest BCUT2D eigenvalue weighted by molar-refractivity contribution is 7.21. The molecule has 3 N–H and O–H groups in total. The molecule has 15 heteroatoms. The highest BCUT2D eigenvalue weighted by Crippen LogP contribution is 2.44. The summed E-state index contributed by atoms with van der Waals surface area (Å²) in [4.78, 5) is 35.9. The summed E-state index contributed by atoms with van der Waals surface area (Å²) in [5.74, 6) is -2.36. The van der Waals surface area contributed by atoms with Gasteiger partial charge in [-0.25, -0.2) is 36.4 Å². The number of carbonyl (C=O) groups excluding carboxylic acids is 2. The van der Waals surface area contributed by atoms with Gasteiger partial charge in [-0.1, -0.05) is 0 Å². The lowest BCUT2D eigenvalue weighted by molar-refractivity contribution is 0.100. The van der Waals surface area contributed by atoms with Gasteiger partial charge in [0.1, 0.15) is 32.5 Å². The Balaban J connectivity index is 1.52. The predicted molar refractivity (Wildman–Crippen MR) is 152 cm³/mol. The molecule has 218 valence electrons. The molecule has 1 aromatic carbocycles. The van der Waals surface area contributed by atoms with E-state index in [9.17, 15) is 31.5 Å². The van der Waals surface area contributed by atoms with Crippen LogP contribution in [0.1, 0.15) is 49.1 Å². The van der Waals surface area contributed by atoms with Crippen molar-refractivity contribution < 1.29 is 31.5 Å². The van der Waals surface area contributed by atoms with Crippen LogP contribution >= 0.6 is 22.7 Å². The molecule has 5 heterocycles. The van der Waals surface area contributed by atoms with E-state index in [1.807, 2.05) is 6.92 Å². The van der Waals surface area contributed by atoms with E-state index >= 15 is 0 Å². The third kappa shape index (κ3) is 5.10. The van der Waals surface area contributed by atoms with Gasteiger partial charge >= 0.3 is 0 Å². The number of nitrogens with two attached hydrogens (primary N) is 1. The second-order valence-electron chi connectivity index (χ2n) is 9.28. The molecule has 0 aliphatic carbocycles. The first-order valence-corrected chi connectivity index (χ1v) is 14.0. The fraction of sp³-hybridized carbons (Fsp3) is 0.107. The molecular weight excluding hydrogens is 611 g/mol. The fourth-order valence-corrected chi connectivity index (χ4v) is 6.45. The number of anilines is 1. The number of alkyl halides is 4. The molecule has 0 unspecified atom stereocenters. The second-order valence-corrected chi connectivity index (χ2v) is 11.6. The maximum absolute atomic E-state index is 14.0. The molecule has 0 radical (unpaired) electrons. The quantitative estimate of drug-likeness (QED) is 0.179. The molecule has 0 aliphatic rings. The molecule has 0 saturated heterocycles. The molecule has 0 fully saturated rings. The highest BCUT2D eigenvalue weighted by atomic mass is 32.1. The number of carbonyl (C=O) groups is 2. The summed E-state index contributed by atoms with van der Waals surface area (Å²) in [7, 11) is 0. The summed E-state index contributed by atoms with van der Waals surface area (Å²) in [5, 5.41) is 6.75. The van der Waals surface area contributed by atoms with Gasteiger partial charge in [-0.3, -0.25) is 9.59 Å². The van der Waals surface area contributed by atoms with E-state index in [1.54, 1.807) is 12.1 Å². The number of halogens is 5. The average molecular weight is 629 g/mol. The van der Waals surface area contributed by atoms with Gasteiger partial charge in [0.05, 0.1) is 17.6 Å². The van der Waals surface area contributed by atoms with Gasteiger partial charge in [0.2, 0.25) is 0 Å². The third-order valence-electron chi connectivity index (χ3n) is 6.48. The molecule has 0 atom stereocenters. The molecular formula is C28H17F5N6O2S2. The minimum absolute atomic E-state index is 0.0373. The maximum atomic E-state index is 14.0. The molecule has 6 aromatic rings. The Morgan fingerprint density at radius 2 is 1.72 bits per heavy atom. The zero-order valence-corrected chi connectivity index (χ0v) is 23.4. The van der Waals surface area contributed by atoms with Crippen molar-refractivity contribution in [1.29, 1.82) is 0 Å². The van der Waals surface area contributed by atoms with Gasteiger partial charge in [0, 0.05) is 26.3 Å². The topological polar surface area (TPSA) is 115 Å². The molecule has 0 bridgehead atoms. The van der Waals surface area contributed by atoms with E-state index < -0.39 is 41.9 Å². The van der Waals surface area contributed by atoms with Crippen molar-refractivity contribution in [2.75, 3.05) is 5.32 Å². The lowest BCUT2D eigenvalue weighted by Crippen LogP contribution is -2.17. The van der Waals surface area contributed by atoms with E-state index in [4.69, 9.17) is 5.73 Å². The van der Waals surface area contributed by atoms with Gasteiger partial charge in [0.25, 0.3) is 24.7 Å². The lowest BCUT2D eigenvalue weighted by Gasteiger charge is -2.10. The average Bonchev–Trinajstić information content (AvgIpc) is 3.69. The van der Waals surface area contributed by atoms with E-state index in [2.05, 4.69) is 20.4 Å². The van der Waals surface area contributed by atoms with Crippen molar-refractivity contribution in [1.82, 2.24) is 19.6 Å². The molecule has 0 spiro atoms. The van der Waals surface area contributed by atoms with Crippen molar-refractivity contribution in [2.45, 2.75) is 19.8 Å². The van der Waals surface area contributed by atoms with Crippen LogP contribution in [0.15, 0.2) is 54.7 Å². The number of nitrogens with one attached hydrogen (secondary N) is 1. The summed E-state index contributed by atoms with van der Waals surface area (Å²) in [6.45, 7) is 1.83. The molecule has 5 aromatic heterocycles. The molecule has 6 rings (SSSR count). The van der Waals surface area contributed by atoms with E-state index in [-0.39, 0.29) is 37.7 Å². The van der Waals surface area contributed by atoms with Crippen LogP contribution in [0.4, 0.5) is 27.6 Å². The van der Waals surface area contributed by atoms with Gasteiger partial charge in [-0.2, -0.15) is 5.10 Å². The van der Waals surface area contributed by atoms with Crippen LogP contribution in [0.25, 0.3) is 37.6 Å². The monoisotopic (exact) mass is 628 g/mol. The zero-order chi connectivity index (χ0) is 30.6. The first-order chi connectivity index (χ1) is 20.5. The number of benzene rings is 1. The van der Waals surface area contributed by atoms with Gasteiger partial charge in [-0.15, -0.1) is 22.7 Å². The first-order valence-electron chi connectivity index (χ1n) is 12.4. The summed E-state index contributed by atoms with van der Waals surface area (Å²) in [6.07, 6.45) is -4.88. The number of hydrogen-bond donors (Lipinski definition) is 2. The number of primary amides is 1. The number of pyridine rings is 1. The van der Waals surface area contributed by atoms with Crippen molar-refractivity contribution in [3.05, 3.63) is 87.3 Å². The first kappa shape index (κ1) is 28.4. The standard InChI is InChI=1S/C28H17F5N6O2S2/c1-11-2-7-19(42-11)14-8-17(23(30)31)37-28-20(14)21(22(43-28)25(34)40)38-27(41)15-10-35-39-18(24(32)33)9-16(36-26(15)39)12-3-5-13(29)6-4-12/h2-10,23-24H,1H3,(H2,34,40)(H,38,41). The molecule has 43 heavy (non-hydrogen) atoms. The van der Waals surface area contributed by atoms with Crippen LogP contribution in [0.3, 0.4) is 0 Å². The Hall–Kier alpha value is -4.76. The molecule has 0 saturated carbocycles. The molecule has 0 aliphatic heterocycles. The number of hydrogen-bond acceptors (Lipinski definition) is 7. The van der Waals surface area contributed by atoms with Crippen LogP contribution in [0.2, 0.25) is 0 Å². The predicted octanol–water partition coefficient (Wildman–Crippen LogP) is 7.41. The summed E-state index contributed by atoms with van der Waals surface area (Å²) >= 11 is 2.04. The van der Waals surface area contributed by atoms with Gasteiger partial charge in [0.15, 0.2) is 5.65 Å². The maximum Gasteiger partial charge on any atom is 0.280 e. The van der Waals surface area contributed by atoms with Gasteiger partial charge in [-0.05, 0) is 55.5 Å². The SMILES string of the molecule is Cc1ccc(-c2cc(C(F)F)nc3sc(C(N)=O)c(NC(=O)c4cnn5c(C(F)F)cc(-c6ccc(F)cc6)nc45)c23)s1. The zero-order valence-electron chi connectivity index (χ0n) is 21.7. The normalized spacial score (nSPS) is 11.7. The highest BCUT2D eigenvalue weighted by Gasteiger charge is 2.28. The van der Waals surface area contributed by atoms with E-state index in [0.29, 0.717) is 16.0 Å². The van der Waals surface area contributed by atoms with Crippen LogP contribution in [-0.4, -0.2) is 31.4 Å². The van der Waals surface area contributed by atoms with Crippen molar-refractivity contribution >= 4 is 56.0 Å². The smallest absolute Gasteiger partial charge is 0.280 e. The summed E-state index contributed by atoms with van der Waals surface area (Å²) in [6, 6.07) is 10.8. The van der Waals surface area contributed by atoms with Crippen LogP contribution < -0.4 is 11.1 Å². The number of rotatable bonds is 7. The van der Waals surface area contributed by atoms with Crippen LogP contribution in [0, 0.1) is 12.7 Å². The van der Waals surface area contributed by atoms with Crippen molar-refractivity contribution in [2.24, 2.45) is 5.73 Å². The van der Waals surface area contributed by atoms with E-state index in [0.717, 1.165) is 45.1 Å². The number of nitrogens with zero attached hydrogens (tertiary/aromatic N) is 4. The number of aryl methyl sites for hydroxylation is 1. The fourth-order valence-electron chi connectivity index (χ4n) is 4.55. The van der Waals surface area contributed by atoms with Crippen molar-refractivity contribution in [3.8, 4) is 21.7 Å². The second kappa shape index (κ2) is 10.8. The number of amides is 2. The Morgan fingerprint density at radius 3 is 2.35 bits per heavy atom. The van der Waals surface area contributed by atoms with E-state index in [1.165, 1.54) is 29.5 Å². The Kier molecular flexibility index (Phi) is 7.14. The molecule has 8 nitrogen and oxygen atoms in total. The summed E-state index contributed by atoms with van der Waals surface area (Å²) < 4.78 is 69.9. The Bertz CT molecular complexity index is 2050. The van der Waals surface area contributed by atoms with Crippen molar-refractivity contribution in [3.63, 3.8) is 0 Å². The minimum atomic E-state index is -3.00. The van der Waals surface area contributed by atoms with Crippen LogP contribution in [-0.2, 0) is 0 Å². The number of aromatic nitrogens is 4. The lowest BCUT2D eigenvalue weighted by atomic mass is 10.1. The van der Waals surface area contributed by atoms with Gasteiger partial charge < -0.3 is 11.1 Å². The van der Waals surface area contributed by atoms with Crippen LogP contribution in [0.5, 0.6) is 0 Å². The minimum Gasteiger partial charge on any atom is -0.365 e. The number of thiophene rings is 2. The number of fused-ring (bicyclic) bond motifs is 2. The largest absolute Gasteiger partial charge is 0.365 e. The molecule has 2 amide bonds. The Morgan fingerprint density at radius 1 is 0.977 bits per heavy atom. The summed E-state index contributed by atoms with van der Waals surface area (Å²) in [5.41, 5.74) is 4.63.